The molecule has 4 rings (SSSR count). The number of hydrogen-bond donors (Lipinski definition) is 0. The zero-order valence-electron chi connectivity index (χ0n) is 13.7. The van der Waals surface area contributed by atoms with Crippen molar-refractivity contribution in [3.63, 3.8) is 0 Å². The highest BCUT2D eigenvalue weighted by Gasteiger charge is 2.13. The third-order valence-electron chi connectivity index (χ3n) is 3.92. The lowest BCUT2D eigenvalue weighted by Gasteiger charge is -2.16. The summed E-state index contributed by atoms with van der Waals surface area (Å²) in [6.45, 7) is 1.93. The molecule has 5 heteroatoms. The first-order chi connectivity index (χ1) is 12.2. The molecule has 0 atom stereocenters. The summed E-state index contributed by atoms with van der Waals surface area (Å²) in [5.41, 5.74) is 2.52. The molecule has 0 spiro atoms. The van der Waals surface area contributed by atoms with Crippen LogP contribution in [0, 0.1) is 6.92 Å². The molecule has 4 nitrogen and oxygen atoms in total. The van der Waals surface area contributed by atoms with E-state index in [-0.39, 0.29) is 5.43 Å². The molecule has 0 fully saturated rings. The highest BCUT2D eigenvalue weighted by Crippen LogP contribution is 2.28. The molecule has 3 aromatic heterocycles. The van der Waals surface area contributed by atoms with Gasteiger partial charge in [-0.05, 0) is 43.3 Å². The number of thioether (sulfide) groups is 1. The Morgan fingerprint density at radius 1 is 1.08 bits per heavy atom. The second-order valence-electron chi connectivity index (χ2n) is 5.71. The van der Waals surface area contributed by atoms with Crippen LogP contribution in [0.5, 0.6) is 0 Å². The number of pyridine rings is 2. The minimum Gasteiger partial charge on any atom is -0.468 e. The van der Waals surface area contributed by atoms with E-state index in [0.717, 1.165) is 22.2 Å². The van der Waals surface area contributed by atoms with Crippen LogP contribution in [-0.4, -0.2) is 9.55 Å². The third kappa shape index (κ3) is 3.10. The summed E-state index contributed by atoms with van der Waals surface area (Å²) in [6, 6.07) is 19.2. The van der Waals surface area contributed by atoms with Crippen molar-refractivity contribution in [3.8, 4) is 5.69 Å². The van der Waals surface area contributed by atoms with E-state index in [2.05, 4.69) is 4.98 Å². The topological polar surface area (TPSA) is 48.0 Å². The zero-order valence-corrected chi connectivity index (χ0v) is 14.5. The summed E-state index contributed by atoms with van der Waals surface area (Å²) >= 11 is 1.56. The molecule has 124 valence electrons. The summed E-state index contributed by atoms with van der Waals surface area (Å²) < 4.78 is 7.45. The predicted molar refractivity (Wildman–Crippen MR) is 100 cm³/mol. The van der Waals surface area contributed by atoms with Crippen LogP contribution < -0.4 is 5.43 Å². The lowest BCUT2D eigenvalue weighted by molar-refractivity contribution is 0.530. The number of rotatable bonds is 4. The molecule has 3 heterocycles. The molecule has 4 aromatic rings. The fraction of sp³-hybridized carbons (Fsp3) is 0.100. The average Bonchev–Trinajstić information content (AvgIpc) is 3.14. The Kier molecular flexibility index (Phi) is 4.15. The smallest absolute Gasteiger partial charge is 0.192 e. The average molecular weight is 348 g/mol. The van der Waals surface area contributed by atoms with Gasteiger partial charge in [0.1, 0.15) is 11.4 Å². The first kappa shape index (κ1) is 15.7. The number of nitrogens with zero attached hydrogens (tertiary/aromatic N) is 2. The van der Waals surface area contributed by atoms with Gasteiger partial charge in [-0.3, -0.25) is 9.36 Å². The van der Waals surface area contributed by atoms with Gasteiger partial charge < -0.3 is 4.42 Å². The van der Waals surface area contributed by atoms with Crippen LogP contribution in [0.25, 0.3) is 16.7 Å². The summed E-state index contributed by atoms with van der Waals surface area (Å²) in [5, 5.41) is 1.47. The summed E-state index contributed by atoms with van der Waals surface area (Å²) in [5.74, 6) is 1.52. The van der Waals surface area contributed by atoms with Gasteiger partial charge in [-0.25, -0.2) is 4.98 Å². The van der Waals surface area contributed by atoms with E-state index < -0.39 is 0 Å². The normalized spacial score (nSPS) is 11.1. The van der Waals surface area contributed by atoms with Crippen LogP contribution in [0.15, 0.2) is 81.2 Å². The molecule has 0 aliphatic carbocycles. The van der Waals surface area contributed by atoms with Crippen molar-refractivity contribution < 1.29 is 4.42 Å². The van der Waals surface area contributed by atoms with Crippen LogP contribution in [-0.2, 0) is 5.75 Å². The van der Waals surface area contributed by atoms with Gasteiger partial charge in [-0.2, -0.15) is 0 Å². The third-order valence-corrected chi connectivity index (χ3v) is 4.95. The van der Waals surface area contributed by atoms with Crippen molar-refractivity contribution >= 4 is 22.8 Å². The van der Waals surface area contributed by atoms with Crippen LogP contribution >= 0.6 is 11.8 Å². The number of para-hydroxylation sites is 1. The Hall–Kier alpha value is -2.79. The Bertz CT molecular complexity index is 1070. The van der Waals surface area contributed by atoms with Crippen LogP contribution in [0.4, 0.5) is 0 Å². The highest BCUT2D eigenvalue weighted by molar-refractivity contribution is 7.98. The Morgan fingerprint density at radius 2 is 1.92 bits per heavy atom. The van der Waals surface area contributed by atoms with E-state index in [1.165, 1.54) is 0 Å². The maximum Gasteiger partial charge on any atom is 0.192 e. The molecule has 0 aliphatic rings. The van der Waals surface area contributed by atoms with Crippen molar-refractivity contribution in [1.29, 1.82) is 0 Å². The second kappa shape index (κ2) is 6.61. The molecule has 0 unspecified atom stereocenters. The van der Waals surface area contributed by atoms with Crippen molar-refractivity contribution in [3.05, 3.63) is 88.6 Å². The maximum atomic E-state index is 12.6. The Morgan fingerprint density at radius 3 is 2.68 bits per heavy atom. The molecule has 0 saturated heterocycles. The minimum absolute atomic E-state index is 0.0170. The predicted octanol–water partition coefficient (Wildman–Crippen LogP) is 4.58. The fourth-order valence-electron chi connectivity index (χ4n) is 2.74. The van der Waals surface area contributed by atoms with E-state index in [0.29, 0.717) is 16.8 Å². The number of furan rings is 1. The second-order valence-corrected chi connectivity index (χ2v) is 6.71. The van der Waals surface area contributed by atoms with Gasteiger partial charge >= 0.3 is 0 Å². The Balaban J connectivity index is 1.92. The molecular weight excluding hydrogens is 332 g/mol. The monoisotopic (exact) mass is 348 g/mol. The van der Waals surface area contributed by atoms with Gasteiger partial charge in [-0.1, -0.05) is 30.0 Å². The van der Waals surface area contributed by atoms with Gasteiger partial charge in [0.15, 0.2) is 5.43 Å². The highest BCUT2D eigenvalue weighted by atomic mass is 32.2. The summed E-state index contributed by atoms with van der Waals surface area (Å²) in [6.07, 6.45) is 1.66. The molecular formula is C20H16N2O2S. The number of aryl methyl sites for hydroxylation is 1. The van der Waals surface area contributed by atoms with E-state index in [1.54, 1.807) is 24.1 Å². The van der Waals surface area contributed by atoms with Gasteiger partial charge in [0.05, 0.1) is 22.4 Å². The van der Waals surface area contributed by atoms with E-state index in [9.17, 15) is 4.79 Å². The van der Waals surface area contributed by atoms with Gasteiger partial charge in [0.2, 0.25) is 0 Å². The van der Waals surface area contributed by atoms with Crippen LogP contribution in [0.3, 0.4) is 0 Å². The lowest BCUT2D eigenvalue weighted by atomic mass is 10.2. The van der Waals surface area contributed by atoms with Crippen molar-refractivity contribution in [1.82, 2.24) is 9.55 Å². The van der Waals surface area contributed by atoms with E-state index in [1.807, 2.05) is 66.1 Å². The first-order valence-corrected chi connectivity index (χ1v) is 8.95. The fourth-order valence-corrected chi connectivity index (χ4v) is 3.70. The standard InChI is InChI=1S/C20H16N2O2S/c1-14-9-10-17-18(23)12-19(25-13-16-8-5-11-24-16)22(20(17)21-14)15-6-3-2-4-7-15/h2-12H,13H2,1H3. The zero-order chi connectivity index (χ0) is 17.2. The summed E-state index contributed by atoms with van der Waals surface area (Å²) in [4.78, 5) is 17.2. The van der Waals surface area contributed by atoms with Crippen molar-refractivity contribution in [2.45, 2.75) is 17.7 Å². The number of benzene rings is 1. The maximum absolute atomic E-state index is 12.6. The lowest BCUT2D eigenvalue weighted by Crippen LogP contribution is -2.12. The van der Waals surface area contributed by atoms with Crippen LogP contribution in [0.1, 0.15) is 11.5 Å². The molecule has 1 aromatic carbocycles. The van der Waals surface area contributed by atoms with Gasteiger partial charge in [-0.15, -0.1) is 0 Å². The molecule has 0 bridgehead atoms. The molecule has 0 radical (unpaired) electrons. The molecule has 0 aliphatic heterocycles. The molecule has 0 N–H and O–H groups in total. The van der Waals surface area contributed by atoms with Gasteiger partial charge in [0, 0.05) is 17.4 Å². The van der Waals surface area contributed by atoms with Crippen molar-refractivity contribution in [2.24, 2.45) is 0 Å². The SMILES string of the molecule is Cc1ccc2c(=O)cc(SCc3ccco3)n(-c3ccccc3)c2n1. The molecule has 25 heavy (non-hydrogen) atoms. The number of aromatic nitrogens is 2. The molecule has 0 saturated carbocycles. The van der Waals surface area contributed by atoms with Crippen molar-refractivity contribution in [2.75, 3.05) is 0 Å². The number of hydrogen-bond acceptors (Lipinski definition) is 4. The minimum atomic E-state index is -0.0170. The Labute approximate surface area is 149 Å². The first-order valence-electron chi connectivity index (χ1n) is 7.96. The summed E-state index contributed by atoms with van der Waals surface area (Å²) in [7, 11) is 0. The molecule has 0 amide bonds. The van der Waals surface area contributed by atoms with Gasteiger partial charge in [0.25, 0.3) is 0 Å². The quantitative estimate of drug-likeness (QED) is 0.507. The van der Waals surface area contributed by atoms with Crippen LogP contribution in [0.2, 0.25) is 0 Å². The van der Waals surface area contributed by atoms with E-state index in [4.69, 9.17) is 4.42 Å². The largest absolute Gasteiger partial charge is 0.468 e. The van der Waals surface area contributed by atoms with E-state index >= 15 is 0 Å². The number of fused-ring (bicyclic) bond motifs is 1.